The zero-order valence-electron chi connectivity index (χ0n) is 12.2. The zero-order chi connectivity index (χ0) is 16.4. The standard InChI is InChI=1S/C13H18N6O3S/c14-2-1-3-23-4-7-9(20)10(21)13(22-7)19-6-18-8-11(15)16-5-17-12(8)19/h1-2,5-7,9-10,13,20-21H,3-4,14H2,(H2,15,16,17)/b2-1-/t7-,9-,10-,13-/m1/s1. The van der Waals surface area contributed by atoms with Crippen molar-refractivity contribution < 1.29 is 14.9 Å². The van der Waals surface area contributed by atoms with Gasteiger partial charge in [0.1, 0.15) is 24.1 Å². The van der Waals surface area contributed by atoms with Gasteiger partial charge in [0.25, 0.3) is 0 Å². The van der Waals surface area contributed by atoms with Crippen molar-refractivity contribution in [3.8, 4) is 0 Å². The van der Waals surface area contributed by atoms with Gasteiger partial charge < -0.3 is 26.4 Å². The molecule has 23 heavy (non-hydrogen) atoms. The topological polar surface area (TPSA) is 145 Å². The van der Waals surface area contributed by atoms with E-state index in [-0.39, 0.29) is 5.82 Å². The highest BCUT2D eigenvalue weighted by Crippen LogP contribution is 2.33. The Morgan fingerprint density at radius 3 is 2.91 bits per heavy atom. The molecule has 0 aromatic carbocycles. The van der Waals surface area contributed by atoms with Crippen LogP contribution < -0.4 is 11.5 Å². The molecule has 3 heterocycles. The minimum absolute atomic E-state index is 0.252. The van der Waals surface area contributed by atoms with Gasteiger partial charge in [-0.05, 0) is 6.20 Å². The van der Waals surface area contributed by atoms with Gasteiger partial charge in [0.2, 0.25) is 0 Å². The Balaban J connectivity index is 1.78. The quantitative estimate of drug-likeness (QED) is 0.516. The van der Waals surface area contributed by atoms with Gasteiger partial charge in [-0.25, -0.2) is 15.0 Å². The molecule has 1 fully saturated rings. The number of aliphatic hydroxyl groups is 2. The van der Waals surface area contributed by atoms with Gasteiger partial charge in [-0.3, -0.25) is 4.57 Å². The van der Waals surface area contributed by atoms with E-state index < -0.39 is 24.5 Å². The van der Waals surface area contributed by atoms with Gasteiger partial charge in [-0.15, -0.1) is 0 Å². The molecule has 1 saturated heterocycles. The van der Waals surface area contributed by atoms with Crippen molar-refractivity contribution in [1.82, 2.24) is 19.5 Å². The maximum atomic E-state index is 10.3. The Morgan fingerprint density at radius 1 is 1.30 bits per heavy atom. The third-order valence-electron chi connectivity index (χ3n) is 3.63. The van der Waals surface area contributed by atoms with Crippen molar-refractivity contribution >= 4 is 28.7 Å². The minimum atomic E-state index is -1.08. The van der Waals surface area contributed by atoms with Gasteiger partial charge >= 0.3 is 0 Å². The number of hydrogen-bond acceptors (Lipinski definition) is 9. The molecule has 4 atom stereocenters. The Kier molecular flexibility index (Phi) is 4.66. The summed E-state index contributed by atoms with van der Waals surface area (Å²) in [5, 5.41) is 20.5. The lowest BCUT2D eigenvalue weighted by Gasteiger charge is -2.16. The van der Waals surface area contributed by atoms with E-state index in [9.17, 15) is 10.2 Å². The maximum absolute atomic E-state index is 10.3. The van der Waals surface area contributed by atoms with Crippen LogP contribution >= 0.6 is 11.8 Å². The molecule has 10 heteroatoms. The summed E-state index contributed by atoms with van der Waals surface area (Å²) < 4.78 is 7.37. The van der Waals surface area contributed by atoms with Gasteiger partial charge in [0, 0.05) is 11.5 Å². The predicted molar refractivity (Wildman–Crippen MR) is 86.3 cm³/mol. The summed E-state index contributed by atoms with van der Waals surface area (Å²) in [4.78, 5) is 12.1. The van der Waals surface area contributed by atoms with E-state index in [1.165, 1.54) is 18.9 Å². The largest absolute Gasteiger partial charge is 0.405 e. The van der Waals surface area contributed by atoms with Crippen molar-refractivity contribution in [2.24, 2.45) is 5.73 Å². The molecule has 6 N–H and O–H groups in total. The van der Waals surface area contributed by atoms with Gasteiger partial charge in [0.05, 0.1) is 12.4 Å². The highest BCUT2D eigenvalue weighted by Gasteiger charge is 2.44. The predicted octanol–water partition coefficient (Wildman–Crippen LogP) is -0.767. The number of imidazole rings is 1. The Bertz CT molecular complexity index is 708. The second-order valence-electron chi connectivity index (χ2n) is 5.09. The lowest BCUT2D eigenvalue weighted by molar-refractivity contribution is -0.0288. The Hall–Kier alpha value is -1.88. The second-order valence-corrected chi connectivity index (χ2v) is 6.17. The fourth-order valence-corrected chi connectivity index (χ4v) is 3.35. The first kappa shape index (κ1) is 16.0. The first-order valence-corrected chi connectivity index (χ1v) is 8.18. The van der Waals surface area contributed by atoms with Crippen LogP contribution in [0.3, 0.4) is 0 Å². The van der Waals surface area contributed by atoms with Gasteiger partial charge in [-0.2, -0.15) is 11.8 Å². The molecule has 0 radical (unpaired) electrons. The molecule has 9 nitrogen and oxygen atoms in total. The molecule has 0 amide bonds. The van der Waals surface area contributed by atoms with E-state index in [1.54, 1.807) is 16.3 Å². The van der Waals surface area contributed by atoms with E-state index >= 15 is 0 Å². The van der Waals surface area contributed by atoms with Crippen LogP contribution in [0, 0.1) is 0 Å². The molecule has 1 aliphatic rings. The average molecular weight is 338 g/mol. The lowest BCUT2D eigenvalue weighted by atomic mass is 10.1. The average Bonchev–Trinajstić information content (AvgIpc) is 3.09. The smallest absolute Gasteiger partial charge is 0.167 e. The monoisotopic (exact) mass is 338 g/mol. The van der Waals surface area contributed by atoms with Crippen molar-refractivity contribution in [1.29, 1.82) is 0 Å². The lowest BCUT2D eigenvalue weighted by Crippen LogP contribution is -2.32. The number of nitrogens with zero attached hydrogens (tertiary/aromatic N) is 4. The van der Waals surface area contributed by atoms with Crippen LogP contribution in [0.1, 0.15) is 6.23 Å². The number of anilines is 1. The highest BCUT2D eigenvalue weighted by atomic mass is 32.2. The molecule has 0 spiro atoms. The molecule has 2 aromatic heterocycles. The first-order chi connectivity index (χ1) is 11.1. The maximum Gasteiger partial charge on any atom is 0.167 e. The normalized spacial score (nSPS) is 28.1. The summed E-state index contributed by atoms with van der Waals surface area (Å²) in [6, 6.07) is 0. The fraction of sp³-hybridized carbons (Fsp3) is 0.462. The van der Waals surface area contributed by atoms with E-state index in [2.05, 4.69) is 15.0 Å². The van der Waals surface area contributed by atoms with Crippen LogP contribution in [-0.4, -0.2) is 59.5 Å². The zero-order valence-corrected chi connectivity index (χ0v) is 13.0. The molecule has 0 unspecified atom stereocenters. The van der Waals surface area contributed by atoms with Crippen molar-refractivity contribution in [2.45, 2.75) is 24.5 Å². The van der Waals surface area contributed by atoms with Crippen molar-refractivity contribution in [3.05, 3.63) is 24.9 Å². The van der Waals surface area contributed by atoms with E-state index in [1.807, 2.05) is 6.08 Å². The Morgan fingerprint density at radius 2 is 2.13 bits per heavy atom. The number of nitrogen functional groups attached to an aromatic ring is 1. The number of aliphatic hydroxyl groups excluding tert-OH is 2. The minimum Gasteiger partial charge on any atom is -0.405 e. The molecule has 0 saturated carbocycles. The van der Waals surface area contributed by atoms with E-state index in [0.717, 1.165) is 0 Å². The second kappa shape index (κ2) is 6.71. The van der Waals surface area contributed by atoms with Crippen LogP contribution in [-0.2, 0) is 4.74 Å². The molecule has 1 aliphatic heterocycles. The number of nitrogens with two attached hydrogens (primary N) is 2. The van der Waals surface area contributed by atoms with Crippen LogP contribution in [0.4, 0.5) is 5.82 Å². The molecular formula is C13H18N6O3S. The summed E-state index contributed by atoms with van der Waals surface area (Å²) in [7, 11) is 0. The molecule has 0 aliphatic carbocycles. The highest BCUT2D eigenvalue weighted by molar-refractivity contribution is 7.99. The third-order valence-corrected chi connectivity index (χ3v) is 4.62. The molecule has 124 valence electrons. The summed E-state index contributed by atoms with van der Waals surface area (Å²) >= 11 is 1.55. The first-order valence-electron chi connectivity index (χ1n) is 7.02. The number of ether oxygens (including phenoxy) is 1. The number of fused-ring (bicyclic) bond motifs is 1. The summed E-state index contributed by atoms with van der Waals surface area (Å²) in [6.45, 7) is 0. The molecular weight excluding hydrogens is 320 g/mol. The van der Waals surface area contributed by atoms with Crippen LogP contribution in [0.15, 0.2) is 24.9 Å². The third kappa shape index (κ3) is 2.98. The molecule has 0 bridgehead atoms. The van der Waals surface area contributed by atoms with Gasteiger partial charge in [0.15, 0.2) is 17.7 Å². The van der Waals surface area contributed by atoms with Gasteiger partial charge in [-0.1, -0.05) is 6.08 Å². The van der Waals surface area contributed by atoms with Crippen LogP contribution in [0.5, 0.6) is 0 Å². The summed E-state index contributed by atoms with van der Waals surface area (Å²) in [6.07, 6.45) is 2.72. The van der Waals surface area contributed by atoms with Crippen LogP contribution in [0.2, 0.25) is 0 Å². The van der Waals surface area contributed by atoms with Crippen molar-refractivity contribution in [3.63, 3.8) is 0 Å². The number of thioether (sulfide) groups is 1. The summed E-state index contributed by atoms with van der Waals surface area (Å²) in [5.74, 6) is 1.49. The summed E-state index contributed by atoms with van der Waals surface area (Å²) in [5.41, 5.74) is 11.9. The van der Waals surface area contributed by atoms with Crippen LogP contribution in [0.25, 0.3) is 11.2 Å². The Labute approximate surface area is 136 Å². The molecule has 2 aromatic rings. The van der Waals surface area contributed by atoms with Crippen molar-refractivity contribution in [2.75, 3.05) is 17.2 Å². The number of aromatic nitrogens is 4. The fourth-order valence-electron chi connectivity index (χ4n) is 2.46. The number of rotatable bonds is 5. The number of hydrogen-bond donors (Lipinski definition) is 4. The molecule has 3 rings (SSSR count). The van der Waals surface area contributed by atoms with E-state index in [0.29, 0.717) is 22.7 Å². The SMILES string of the molecule is N/C=C\CSC[C@H]1O[C@@H](n2cnc3c(N)ncnc32)[C@H](O)[C@@H]1O. The van der Waals surface area contributed by atoms with E-state index in [4.69, 9.17) is 16.2 Å².